The lowest BCUT2D eigenvalue weighted by Gasteiger charge is -2.14. The summed E-state index contributed by atoms with van der Waals surface area (Å²) in [6.07, 6.45) is 5.69. The Morgan fingerprint density at radius 1 is 1.43 bits per heavy atom. The van der Waals surface area contributed by atoms with E-state index in [9.17, 15) is 4.79 Å². The third kappa shape index (κ3) is 5.11. The Hall–Kier alpha value is -2.01. The first-order valence-electron chi connectivity index (χ1n) is 6.81. The Morgan fingerprint density at radius 3 is 2.86 bits per heavy atom. The molecule has 0 radical (unpaired) electrons. The van der Waals surface area contributed by atoms with Crippen LogP contribution in [-0.4, -0.2) is 28.1 Å². The highest BCUT2D eigenvalue weighted by atomic mass is 35.5. The second-order valence-electron chi connectivity index (χ2n) is 4.66. The van der Waals surface area contributed by atoms with Crippen LogP contribution in [0.1, 0.15) is 13.3 Å². The van der Waals surface area contributed by atoms with E-state index in [-0.39, 0.29) is 5.91 Å². The van der Waals surface area contributed by atoms with Crippen LogP contribution >= 0.6 is 11.6 Å². The van der Waals surface area contributed by atoms with Crippen LogP contribution in [0.15, 0.2) is 43.0 Å². The maximum Gasteiger partial charge on any atom is 0.260 e. The van der Waals surface area contributed by atoms with E-state index in [2.05, 4.69) is 10.3 Å². The number of nitrogens with one attached hydrogen (secondary N) is 1. The highest BCUT2D eigenvalue weighted by Gasteiger charge is 2.13. The number of rotatable bonds is 7. The molecule has 0 bridgehead atoms. The molecule has 2 aromatic rings. The lowest BCUT2D eigenvalue weighted by molar-refractivity contribution is -0.127. The number of halogens is 1. The number of benzene rings is 1. The van der Waals surface area contributed by atoms with Gasteiger partial charge in [-0.2, -0.15) is 0 Å². The number of aromatic nitrogens is 2. The fourth-order valence-electron chi connectivity index (χ4n) is 1.81. The lowest BCUT2D eigenvalue weighted by Crippen LogP contribution is -2.37. The fraction of sp³-hybridized carbons (Fsp3) is 0.333. The monoisotopic (exact) mass is 307 g/mol. The summed E-state index contributed by atoms with van der Waals surface area (Å²) in [6, 6.07) is 6.94. The second-order valence-corrected chi connectivity index (χ2v) is 5.10. The smallest absolute Gasteiger partial charge is 0.260 e. The summed E-state index contributed by atoms with van der Waals surface area (Å²) in [7, 11) is 0. The molecule has 0 spiro atoms. The van der Waals surface area contributed by atoms with Gasteiger partial charge in [-0.3, -0.25) is 4.79 Å². The predicted molar refractivity (Wildman–Crippen MR) is 81.4 cm³/mol. The zero-order valence-electron chi connectivity index (χ0n) is 11.8. The van der Waals surface area contributed by atoms with Crippen molar-refractivity contribution in [2.24, 2.45) is 0 Å². The van der Waals surface area contributed by atoms with E-state index in [1.54, 1.807) is 43.7 Å². The van der Waals surface area contributed by atoms with Crippen molar-refractivity contribution in [2.75, 3.05) is 6.54 Å². The Morgan fingerprint density at radius 2 is 2.19 bits per heavy atom. The lowest BCUT2D eigenvalue weighted by atomic mass is 10.3. The number of hydrogen-bond donors (Lipinski definition) is 1. The van der Waals surface area contributed by atoms with Crippen LogP contribution in [0.25, 0.3) is 0 Å². The molecule has 0 aliphatic rings. The van der Waals surface area contributed by atoms with Crippen molar-refractivity contribution in [1.82, 2.24) is 14.9 Å². The van der Waals surface area contributed by atoms with Gasteiger partial charge in [-0.1, -0.05) is 11.6 Å². The molecule has 112 valence electrons. The molecule has 0 aliphatic heterocycles. The molecule has 6 heteroatoms. The average Bonchev–Trinajstić information content (AvgIpc) is 2.99. The van der Waals surface area contributed by atoms with Crippen molar-refractivity contribution >= 4 is 17.5 Å². The van der Waals surface area contributed by atoms with Crippen LogP contribution in [0, 0.1) is 0 Å². The van der Waals surface area contributed by atoms with Crippen LogP contribution < -0.4 is 10.1 Å². The average molecular weight is 308 g/mol. The van der Waals surface area contributed by atoms with Gasteiger partial charge < -0.3 is 14.6 Å². The van der Waals surface area contributed by atoms with E-state index in [0.717, 1.165) is 13.0 Å². The number of ether oxygens (including phenoxy) is 1. The number of carbonyl (C=O) groups excluding carboxylic acids is 1. The standard InChI is InChI=1S/C15H18ClN3O2/c1-12(21-14-5-3-13(16)4-6-14)15(20)18-7-2-9-19-10-8-17-11-19/h3-6,8,10-12H,2,7,9H2,1H3,(H,18,20)/t12-/m1/s1. The molecule has 1 N–H and O–H groups in total. The molecule has 1 aromatic heterocycles. The topological polar surface area (TPSA) is 56.1 Å². The number of imidazole rings is 1. The van der Waals surface area contributed by atoms with Crippen molar-refractivity contribution in [3.05, 3.63) is 48.0 Å². The molecule has 0 unspecified atom stereocenters. The first-order valence-corrected chi connectivity index (χ1v) is 7.18. The van der Waals surface area contributed by atoms with E-state index >= 15 is 0 Å². The van der Waals surface area contributed by atoms with E-state index in [1.165, 1.54) is 0 Å². The van der Waals surface area contributed by atoms with Crippen LogP contribution in [0.3, 0.4) is 0 Å². The van der Waals surface area contributed by atoms with Crippen molar-refractivity contribution in [2.45, 2.75) is 26.0 Å². The second kappa shape index (κ2) is 7.69. The molecule has 0 saturated heterocycles. The van der Waals surface area contributed by atoms with Gasteiger partial charge in [-0.15, -0.1) is 0 Å². The third-order valence-electron chi connectivity index (χ3n) is 2.95. The molecule has 0 fully saturated rings. The SMILES string of the molecule is C[C@@H](Oc1ccc(Cl)cc1)C(=O)NCCCn1ccnc1. The molecule has 1 heterocycles. The van der Waals surface area contributed by atoms with Crippen molar-refractivity contribution in [3.8, 4) is 5.75 Å². The molecule has 2 rings (SSSR count). The van der Waals surface area contributed by atoms with Gasteiger partial charge in [-0.25, -0.2) is 4.98 Å². The molecule has 0 aliphatic carbocycles. The first kappa shape index (κ1) is 15.4. The highest BCUT2D eigenvalue weighted by Crippen LogP contribution is 2.16. The fourth-order valence-corrected chi connectivity index (χ4v) is 1.93. The summed E-state index contributed by atoms with van der Waals surface area (Å²) in [5.41, 5.74) is 0. The van der Waals surface area contributed by atoms with Crippen LogP contribution in [-0.2, 0) is 11.3 Å². The summed E-state index contributed by atoms with van der Waals surface area (Å²) in [5.74, 6) is 0.496. The maximum atomic E-state index is 11.9. The third-order valence-corrected chi connectivity index (χ3v) is 3.20. The predicted octanol–water partition coefficient (Wildman–Crippen LogP) is 2.51. The molecule has 1 atom stereocenters. The molecule has 1 amide bonds. The first-order chi connectivity index (χ1) is 10.1. The number of carbonyl (C=O) groups is 1. The minimum atomic E-state index is -0.542. The Bertz CT molecular complexity index is 555. The van der Waals surface area contributed by atoms with Crippen molar-refractivity contribution < 1.29 is 9.53 Å². The van der Waals surface area contributed by atoms with Gasteiger partial charge in [-0.05, 0) is 37.6 Å². The minimum Gasteiger partial charge on any atom is -0.481 e. The van der Waals surface area contributed by atoms with Gasteiger partial charge >= 0.3 is 0 Å². The summed E-state index contributed by atoms with van der Waals surface area (Å²) in [6.45, 7) is 3.15. The quantitative estimate of drug-likeness (QED) is 0.800. The number of amides is 1. The van der Waals surface area contributed by atoms with Gasteiger partial charge in [0, 0.05) is 30.5 Å². The Balaban J connectivity index is 1.68. The van der Waals surface area contributed by atoms with E-state index in [4.69, 9.17) is 16.3 Å². The van der Waals surface area contributed by atoms with E-state index < -0.39 is 6.10 Å². The number of nitrogens with zero attached hydrogens (tertiary/aromatic N) is 2. The molecular weight excluding hydrogens is 290 g/mol. The number of aryl methyl sites for hydroxylation is 1. The zero-order chi connectivity index (χ0) is 15.1. The van der Waals surface area contributed by atoms with Crippen molar-refractivity contribution in [1.29, 1.82) is 0 Å². The van der Waals surface area contributed by atoms with Crippen molar-refractivity contribution in [3.63, 3.8) is 0 Å². The summed E-state index contributed by atoms with van der Waals surface area (Å²) < 4.78 is 7.52. The number of hydrogen-bond acceptors (Lipinski definition) is 3. The highest BCUT2D eigenvalue weighted by molar-refractivity contribution is 6.30. The van der Waals surface area contributed by atoms with Gasteiger partial charge in [0.05, 0.1) is 6.33 Å². The Labute approximate surface area is 128 Å². The van der Waals surface area contributed by atoms with E-state index in [1.807, 2.05) is 10.8 Å². The summed E-state index contributed by atoms with van der Waals surface area (Å²) in [4.78, 5) is 15.9. The molecule has 21 heavy (non-hydrogen) atoms. The zero-order valence-corrected chi connectivity index (χ0v) is 12.6. The van der Waals surface area contributed by atoms with E-state index in [0.29, 0.717) is 17.3 Å². The largest absolute Gasteiger partial charge is 0.481 e. The van der Waals surface area contributed by atoms with Crippen LogP contribution in [0.4, 0.5) is 0 Å². The Kier molecular flexibility index (Phi) is 5.63. The summed E-state index contributed by atoms with van der Waals surface area (Å²) in [5, 5.41) is 3.49. The normalized spacial score (nSPS) is 11.9. The molecule has 5 nitrogen and oxygen atoms in total. The van der Waals surface area contributed by atoms with Gasteiger partial charge in [0.25, 0.3) is 5.91 Å². The van der Waals surface area contributed by atoms with Gasteiger partial charge in [0.2, 0.25) is 0 Å². The molecular formula is C15H18ClN3O2. The maximum absolute atomic E-state index is 11.9. The summed E-state index contributed by atoms with van der Waals surface area (Å²) >= 11 is 5.80. The molecule has 0 saturated carbocycles. The van der Waals surface area contributed by atoms with Crippen LogP contribution in [0.2, 0.25) is 5.02 Å². The molecule has 1 aromatic carbocycles. The van der Waals surface area contributed by atoms with Crippen LogP contribution in [0.5, 0.6) is 5.75 Å². The minimum absolute atomic E-state index is 0.129. The van der Waals surface area contributed by atoms with Gasteiger partial charge in [0.15, 0.2) is 6.10 Å². The van der Waals surface area contributed by atoms with Gasteiger partial charge in [0.1, 0.15) is 5.75 Å².